The number of hydrogen-bond acceptors (Lipinski definition) is 3. The summed E-state index contributed by atoms with van der Waals surface area (Å²) in [7, 11) is 0. The average molecular weight is 271 g/mol. The molecule has 1 fully saturated rings. The average Bonchev–Trinajstić information content (AvgIpc) is 2.39. The molecule has 2 atom stereocenters. The van der Waals surface area contributed by atoms with Crippen molar-refractivity contribution in [3.05, 3.63) is 0 Å². The molecule has 1 aliphatic rings. The maximum Gasteiger partial charge on any atom is 0.315 e. The molecule has 6 heteroatoms. The van der Waals surface area contributed by atoms with Crippen LogP contribution in [0.15, 0.2) is 0 Å². The zero-order chi connectivity index (χ0) is 14.1. The number of nitrogens with one attached hydrogen (secondary N) is 3. The second kappa shape index (κ2) is 8.74. The van der Waals surface area contributed by atoms with Crippen LogP contribution in [0.2, 0.25) is 0 Å². The second-order valence-corrected chi connectivity index (χ2v) is 4.94. The van der Waals surface area contributed by atoms with Crippen LogP contribution >= 0.6 is 0 Å². The fourth-order valence-electron chi connectivity index (χ4n) is 2.41. The Labute approximate surface area is 114 Å². The van der Waals surface area contributed by atoms with Crippen LogP contribution in [-0.2, 0) is 4.79 Å². The zero-order valence-corrected chi connectivity index (χ0v) is 11.6. The normalized spacial score (nSPS) is 22.8. The summed E-state index contributed by atoms with van der Waals surface area (Å²) in [6.07, 6.45) is 4.19. The number of hydrogen-bond donors (Lipinski definition) is 4. The van der Waals surface area contributed by atoms with Crippen molar-refractivity contribution in [2.45, 2.75) is 45.1 Å². The second-order valence-electron chi connectivity index (χ2n) is 4.94. The molecule has 0 saturated heterocycles. The number of carbonyl (C=O) groups is 2. The van der Waals surface area contributed by atoms with Gasteiger partial charge in [-0.25, -0.2) is 4.79 Å². The minimum absolute atomic E-state index is 0.236. The molecule has 4 N–H and O–H groups in total. The van der Waals surface area contributed by atoms with Crippen molar-refractivity contribution in [1.82, 2.24) is 16.0 Å². The molecule has 1 aliphatic carbocycles. The Morgan fingerprint density at radius 1 is 1.21 bits per heavy atom. The van der Waals surface area contributed by atoms with Crippen LogP contribution in [-0.4, -0.2) is 42.8 Å². The molecule has 0 spiro atoms. The highest BCUT2D eigenvalue weighted by Gasteiger charge is 2.31. The lowest BCUT2D eigenvalue weighted by Crippen LogP contribution is -2.49. The van der Waals surface area contributed by atoms with Gasteiger partial charge in [-0.15, -0.1) is 0 Å². The summed E-state index contributed by atoms with van der Waals surface area (Å²) < 4.78 is 0. The lowest BCUT2D eigenvalue weighted by molar-refractivity contribution is -0.143. The smallest absolute Gasteiger partial charge is 0.315 e. The van der Waals surface area contributed by atoms with E-state index in [9.17, 15) is 9.59 Å². The molecule has 0 bridgehead atoms. The van der Waals surface area contributed by atoms with Gasteiger partial charge in [0.15, 0.2) is 0 Å². The van der Waals surface area contributed by atoms with Crippen molar-refractivity contribution in [3.8, 4) is 0 Å². The number of carbonyl (C=O) groups excluding carboxylic acids is 1. The van der Waals surface area contributed by atoms with E-state index in [1.54, 1.807) is 0 Å². The highest BCUT2D eigenvalue weighted by atomic mass is 16.4. The summed E-state index contributed by atoms with van der Waals surface area (Å²) in [4.78, 5) is 22.8. The van der Waals surface area contributed by atoms with Crippen LogP contribution < -0.4 is 16.0 Å². The van der Waals surface area contributed by atoms with E-state index >= 15 is 0 Å². The zero-order valence-electron chi connectivity index (χ0n) is 11.6. The van der Waals surface area contributed by atoms with Gasteiger partial charge in [-0.2, -0.15) is 0 Å². The van der Waals surface area contributed by atoms with Gasteiger partial charge < -0.3 is 21.1 Å². The van der Waals surface area contributed by atoms with E-state index in [-0.39, 0.29) is 12.1 Å². The van der Waals surface area contributed by atoms with Crippen molar-refractivity contribution in [2.75, 3.05) is 19.6 Å². The molecule has 19 heavy (non-hydrogen) atoms. The third kappa shape index (κ3) is 5.92. The lowest BCUT2D eigenvalue weighted by atomic mass is 9.84. The molecule has 6 nitrogen and oxygen atoms in total. The van der Waals surface area contributed by atoms with Gasteiger partial charge in [-0.05, 0) is 32.4 Å². The van der Waals surface area contributed by atoms with E-state index in [4.69, 9.17) is 5.11 Å². The standard InChI is InChI=1S/C13H25N3O3/c1-2-14-8-5-9-15-13(19)16-11-7-4-3-6-10(11)12(17)18/h10-11,14H,2-9H2,1H3,(H,17,18)(H2,15,16,19). The maximum atomic E-state index is 11.7. The minimum Gasteiger partial charge on any atom is -0.481 e. The topological polar surface area (TPSA) is 90.5 Å². The molecule has 0 aliphatic heterocycles. The van der Waals surface area contributed by atoms with Gasteiger partial charge in [-0.1, -0.05) is 19.8 Å². The van der Waals surface area contributed by atoms with Crippen molar-refractivity contribution in [3.63, 3.8) is 0 Å². The first-order valence-corrected chi connectivity index (χ1v) is 7.13. The van der Waals surface area contributed by atoms with Crippen molar-refractivity contribution < 1.29 is 14.7 Å². The lowest BCUT2D eigenvalue weighted by Gasteiger charge is -2.29. The first kappa shape index (κ1) is 15.8. The molecule has 1 saturated carbocycles. The van der Waals surface area contributed by atoms with E-state index in [2.05, 4.69) is 16.0 Å². The molecule has 0 aromatic rings. The SMILES string of the molecule is CCNCCCNC(=O)NC1CCCCC1C(=O)O. The van der Waals surface area contributed by atoms with Gasteiger partial charge in [0.25, 0.3) is 0 Å². The largest absolute Gasteiger partial charge is 0.481 e. The Balaban J connectivity index is 2.24. The maximum absolute atomic E-state index is 11.7. The van der Waals surface area contributed by atoms with Gasteiger partial charge in [0.1, 0.15) is 0 Å². The molecular formula is C13H25N3O3. The van der Waals surface area contributed by atoms with Crippen LogP contribution in [0.1, 0.15) is 39.0 Å². The van der Waals surface area contributed by atoms with Gasteiger partial charge in [0.05, 0.1) is 5.92 Å². The highest BCUT2D eigenvalue weighted by Crippen LogP contribution is 2.24. The molecular weight excluding hydrogens is 246 g/mol. The van der Waals surface area contributed by atoms with E-state index in [1.165, 1.54) is 0 Å². The predicted molar refractivity (Wildman–Crippen MR) is 73.1 cm³/mol. The number of urea groups is 1. The van der Waals surface area contributed by atoms with E-state index in [0.29, 0.717) is 13.0 Å². The van der Waals surface area contributed by atoms with Crippen molar-refractivity contribution in [1.29, 1.82) is 0 Å². The summed E-state index contributed by atoms with van der Waals surface area (Å²) in [5.74, 6) is -1.25. The minimum atomic E-state index is -0.808. The monoisotopic (exact) mass is 271 g/mol. The number of carboxylic acid groups (broad SMARTS) is 1. The molecule has 1 rings (SSSR count). The van der Waals surface area contributed by atoms with Crippen LogP contribution in [0.5, 0.6) is 0 Å². The number of aliphatic carboxylic acids is 1. The molecule has 2 unspecified atom stereocenters. The molecule has 0 aromatic carbocycles. The van der Waals surface area contributed by atoms with Gasteiger partial charge in [0.2, 0.25) is 0 Å². The molecule has 0 aromatic heterocycles. The Hall–Kier alpha value is -1.30. The van der Waals surface area contributed by atoms with Gasteiger partial charge in [-0.3, -0.25) is 4.79 Å². The first-order chi connectivity index (χ1) is 9.15. The van der Waals surface area contributed by atoms with Crippen LogP contribution in [0.25, 0.3) is 0 Å². The van der Waals surface area contributed by atoms with Crippen LogP contribution in [0.3, 0.4) is 0 Å². The van der Waals surface area contributed by atoms with Gasteiger partial charge in [0, 0.05) is 12.6 Å². The Kier molecular flexibility index (Phi) is 7.25. The van der Waals surface area contributed by atoms with Gasteiger partial charge >= 0.3 is 12.0 Å². The highest BCUT2D eigenvalue weighted by molar-refractivity contribution is 5.76. The molecule has 0 radical (unpaired) electrons. The van der Waals surface area contributed by atoms with Crippen LogP contribution in [0, 0.1) is 5.92 Å². The predicted octanol–water partition coefficient (Wildman–Crippen LogP) is 0.929. The van der Waals surface area contributed by atoms with E-state index in [0.717, 1.165) is 38.8 Å². The summed E-state index contributed by atoms with van der Waals surface area (Å²) in [5, 5.41) is 17.8. The van der Waals surface area contributed by atoms with E-state index < -0.39 is 11.9 Å². The number of rotatable bonds is 7. The fraction of sp³-hybridized carbons (Fsp3) is 0.846. The van der Waals surface area contributed by atoms with Crippen LogP contribution in [0.4, 0.5) is 4.79 Å². The summed E-state index contributed by atoms with van der Waals surface area (Å²) in [5.41, 5.74) is 0. The number of amides is 2. The fourth-order valence-corrected chi connectivity index (χ4v) is 2.41. The van der Waals surface area contributed by atoms with E-state index in [1.807, 2.05) is 6.92 Å². The third-order valence-corrected chi connectivity index (χ3v) is 3.47. The Morgan fingerprint density at radius 2 is 1.95 bits per heavy atom. The first-order valence-electron chi connectivity index (χ1n) is 7.13. The van der Waals surface area contributed by atoms with Crippen molar-refractivity contribution in [2.24, 2.45) is 5.92 Å². The third-order valence-electron chi connectivity index (χ3n) is 3.47. The summed E-state index contributed by atoms with van der Waals surface area (Å²) >= 11 is 0. The summed E-state index contributed by atoms with van der Waals surface area (Å²) in [6.45, 7) is 4.44. The summed E-state index contributed by atoms with van der Waals surface area (Å²) in [6, 6.07) is -0.491. The molecule has 0 heterocycles. The Bertz CT molecular complexity index is 297. The van der Waals surface area contributed by atoms with Crippen molar-refractivity contribution >= 4 is 12.0 Å². The quantitative estimate of drug-likeness (QED) is 0.518. The molecule has 2 amide bonds. The number of carboxylic acids is 1. The Morgan fingerprint density at radius 3 is 2.63 bits per heavy atom. The molecule has 110 valence electrons.